The summed E-state index contributed by atoms with van der Waals surface area (Å²) in [6.45, 7) is 0.357. The van der Waals surface area contributed by atoms with Gasteiger partial charge in [-0.25, -0.2) is 0 Å². The summed E-state index contributed by atoms with van der Waals surface area (Å²) in [4.78, 5) is 0. The first kappa shape index (κ1) is 13.2. The van der Waals surface area contributed by atoms with Crippen LogP contribution in [0.5, 0.6) is 5.75 Å². The Labute approximate surface area is 116 Å². The van der Waals surface area contributed by atoms with Crippen LogP contribution in [0.15, 0.2) is 53.7 Å². The average Bonchev–Trinajstić information content (AvgIpc) is 2.46. The van der Waals surface area contributed by atoms with E-state index in [0.29, 0.717) is 22.9 Å². The van der Waals surface area contributed by atoms with Crippen LogP contribution in [0.3, 0.4) is 0 Å². The molecule has 0 saturated heterocycles. The number of nitrogens with two attached hydrogens (primary N) is 1. The van der Waals surface area contributed by atoms with Gasteiger partial charge in [-0.1, -0.05) is 47.1 Å². The van der Waals surface area contributed by atoms with Gasteiger partial charge in [-0.3, -0.25) is 0 Å². The molecule has 98 valence electrons. The summed E-state index contributed by atoms with van der Waals surface area (Å²) < 4.78 is 5.62. The van der Waals surface area contributed by atoms with Gasteiger partial charge in [-0.15, -0.1) is 0 Å². The van der Waals surface area contributed by atoms with E-state index < -0.39 is 0 Å². The third-order valence-corrected chi connectivity index (χ3v) is 2.87. The third kappa shape index (κ3) is 3.39. The summed E-state index contributed by atoms with van der Waals surface area (Å²) in [7, 11) is 0. The average molecular weight is 277 g/mol. The lowest BCUT2D eigenvalue weighted by atomic mass is 10.1. The van der Waals surface area contributed by atoms with Crippen LogP contribution in [-0.2, 0) is 6.61 Å². The van der Waals surface area contributed by atoms with Crippen LogP contribution < -0.4 is 10.5 Å². The highest BCUT2D eigenvalue weighted by Crippen LogP contribution is 2.24. The number of benzene rings is 2. The van der Waals surface area contributed by atoms with Gasteiger partial charge in [0, 0.05) is 5.56 Å². The van der Waals surface area contributed by atoms with Gasteiger partial charge in [0.2, 0.25) is 0 Å². The molecule has 5 heteroatoms. The van der Waals surface area contributed by atoms with Crippen LogP contribution in [0.2, 0.25) is 5.02 Å². The van der Waals surface area contributed by atoms with E-state index in [-0.39, 0.29) is 5.84 Å². The molecule has 0 aliphatic heterocycles. The van der Waals surface area contributed by atoms with Crippen molar-refractivity contribution in [2.75, 3.05) is 0 Å². The summed E-state index contributed by atoms with van der Waals surface area (Å²) >= 11 is 6.00. The minimum Gasteiger partial charge on any atom is -0.487 e. The molecule has 2 rings (SSSR count). The Morgan fingerprint density at radius 3 is 2.74 bits per heavy atom. The number of hydrogen-bond donors (Lipinski definition) is 2. The lowest BCUT2D eigenvalue weighted by Crippen LogP contribution is -2.13. The zero-order valence-electron chi connectivity index (χ0n) is 10.1. The lowest BCUT2D eigenvalue weighted by Gasteiger charge is -2.08. The number of halogens is 1. The SMILES string of the molecule is N/C(=N\O)c1cccc(COc2ccccc2Cl)c1. The maximum atomic E-state index is 8.64. The van der Waals surface area contributed by atoms with Crippen molar-refractivity contribution in [3.05, 3.63) is 64.7 Å². The van der Waals surface area contributed by atoms with Gasteiger partial charge in [0.05, 0.1) is 5.02 Å². The number of para-hydroxylation sites is 1. The second-order valence-electron chi connectivity index (χ2n) is 3.90. The predicted octanol–water partition coefficient (Wildman–Crippen LogP) is 3.01. The fourth-order valence-corrected chi connectivity index (χ4v) is 1.79. The van der Waals surface area contributed by atoms with Crippen molar-refractivity contribution in [3.8, 4) is 5.75 Å². The van der Waals surface area contributed by atoms with E-state index in [1.54, 1.807) is 24.3 Å². The van der Waals surface area contributed by atoms with Crippen molar-refractivity contribution in [2.24, 2.45) is 10.9 Å². The maximum Gasteiger partial charge on any atom is 0.170 e. The summed E-state index contributed by atoms with van der Waals surface area (Å²) in [5.41, 5.74) is 7.08. The second-order valence-corrected chi connectivity index (χ2v) is 4.31. The zero-order valence-corrected chi connectivity index (χ0v) is 10.8. The van der Waals surface area contributed by atoms with Crippen LogP contribution in [0.1, 0.15) is 11.1 Å². The van der Waals surface area contributed by atoms with Gasteiger partial charge in [0.1, 0.15) is 12.4 Å². The van der Waals surface area contributed by atoms with E-state index in [1.807, 2.05) is 24.3 Å². The number of hydrogen-bond acceptors (Lipinski definition) is 3. The molecule has 0 atom stereocenters. The van der Waals surface area contributed by atoms with Gasteiger partial charge in [-0.05, 0) is 23.8 Å². The minimum absolute atomic E-state index is 0.0691. The van der Waals surface area contributed by atoms with E-state index in [1.165, 1.54) is 0 Å². The third-order valence-electron chi connectivity index (χ3n) is 2.56. The van der Waals surface area contributed by atoms with Gasteiger partial charge in [-0.2, -0.15) is 0 Å². The molecule has 0 bridgehead atoms. The standard InChI is InChI=1S/C14H13ClN2O2/c15-12-6-1-2-7-13(12)19-9-10-4-3-5-11(8-10)14(16)17-18/h1-8,18H,9H2,(H2,16,17). The number of amidine groups is 1. The first-order chi connectivity index (χ1) is 9.20. The van der Waals surface area contributed by atoms with Crippen LogP contribution in [0.4, 0.5) is 0 Å². The molecule has 0 saturated carbocycles. The molecule has 0 radical (unpaired) electrons. The van der Waals surface area contributed by atoms with Crippen LogP contribution in [-0.4, -0.2) is 11.0 Å². The topological polar surface area (TPSA) is 67.8 Å². The molecule has 0 unspecified atom stereocenters. The summed E-state index contributed by atoms with van der Waals surface area (Å²) in [5, 5.41) is 12.2. The van der Waals surface area contributed by atoms with E-state index in [2.05, 4.69) is 5.16 Å². The molecule has 2 aromatic carbocycles. The van der Waals surface area contributed by atoms with E-state index in [9.17, 15) is 0 Å². The monoisotopic (exact) mass is 276 g/mol. The number of ether oxygens (including phenoxy) is 1. The molecule has 0 heterocycles. The van der Waals surface area contributed by atoms with Crippen molar-refractivity contribution >= 4 is 17.4 Å². The first-order valence-corrected chi connectivity index (χ1v) is 6.02. The van der Waals surface area contributed by atoms with Gasteiger partial charge in [0.15, 0.2) is 5.84 Å². The highest BCUT2D eigenvalue weighted by Gasteiger charge is 2.03. The molecular formula is C14H13ClN2O2. The number of rotatable bonds is 4. The van der Waals surface area contributed by atoms with E-state index in [4.69, 9.17) is 27.3 Å². The minimum atomic E-state index is 0.0691. The Balaban J connectivity index is 2.10. The maximum absolute atomic E-state index is 8.64. The molecule has 0 spiro atoms. The summed E-state index contributed by atoms with van der Waals surface area (Å²) in [6, 6.07) is 14.5. The van der Waals surface area contributed by atoms with Crippen molar-refractivity contribution in [1.29, 1.82) is 0 Å². The molecule has 4 nitrogen and oxygen atoms in total. The molecule has 2 aromatic rings. The molecule has 0 amide bonds. The summed E-state index contributed by atoms with van der Waals surface area (Å²) in [5.74, 6) is 0.693. The normalized spacial score (nSPS) is 11.3. The predicted molar refractivity (Wildman–Crippen MR) is 74.7 cm³/mol. The highest BCUT2D eigenvalue weighted by atomic mass is 35.5. The Morgan fingerprint density at radius 2 is 2.00 bits per heavy atom. The van der Waals surface area contributed by atoms with Crippen molar-refractivity contribution in [1.82, 2.24) is 0 Å². The van der Waals surface area contributed by atoms with Gasteiger partial charge >= 0.3 is 0 Å². The molecule has 0 fully saturated rings. The molecule has 0 aliphatic carbocycles. The largest absolute Gasteiger partial charge is 0.487 e. The van der Waals surface area contributed by atoms with Crippen LogP contribution in [0.25, 0.3) is 0 Å². The van der Waals surface area contributed by atoms with Crippen molar-refractivity contribution in [2.45, 2.75) is 6.61 Å². The molecule has 3 N–H and O–H groups in total. The van der Waals surface area contributed by atoms with Gasteiger partial charge in [0.25, 0.3) is 0 Å². The van der Waals surface area contributed by atoms with Gasteiger partial charge < -0.3 is 15.7 Å². The molecule has 0 aromatic heterocycles. The molecular weight excluding hydrogens is 264 g/mol. The fraction of sp³-hybridized carbons (Fsp3) is 0.0714. The smallest absolute Gasteiger partial charge is 0.170 e. The second kappa shape index (κ2) is 6.11. The Kier molecular flexibility index (Phi) is 4.26. The number of oxime groups is 1. The fourth-order valence-electron chi connectivity index (χ4n) is 1.60. The quantitative estimate of drug-likeness (QED) is 0.390. The zero-order chi connectivity index (χ0) is 13.7. The van der Waals surface area contributed by atoms with E-state index in [0.717, 1.165) is 5.56 Å². The molecule has 19 heavy (non-hydrogen) atoms. The Morgan fingerprint density at radius 1 is 1.21 bits per heavy atom. The molecule has 0 aliphatic rings. The summed E-state index contributed by atoms with van der Waals surface area (Å²) in [6.07, 6.45) is 0. The van der Waals surface area contributed by atoms with Crippen LogP contribution >= 0.6 is 11.6 Å². The van der Waals surface area contributed by atoms with Crippen molar-refractivity contribution in [3.63, 3.8) is 0 Å². The van der Waals surface area contributed by atoms with Crippen LogP contribution in [0, 0.1) is 0 Å². The van der Waals surface area contributed by atoms with Crippen molar-refractivity contribution < 1.29 is 9.94 Å². The lowest BCUT2D eigenvalue weighted by molar-refractivity contribution is 0.306. The van der Waals surface area contributed by atoms with E-state index >= 15 is 0 Å². The Bertz CT molecular complexity index is 600. The Hall–Kier alpha value is -2.20. The first-order valence-electron chi connectivity index (χ1n) is 5.65. The highest BCUT2D eigenvalue weighted by molar-refractivity contribution is 6.32. The number of nitrogens with zero attached hydrogens (tertiary/aromatic N) is 1.